The Morgan fingerprint density at radius 2 is 1.50 bits per heavy atom. The van der Waals surface area contributed by atoms with Gasteiger partial charge in [0.25, 0.3) is 11.8 Å². The van der Waals surface area contributed by atoms with Crippen LogP contribution in [0.25, 0.3) is 0 Å². The number of carbonyl (C=O) groups is 4. The van der Waals surface area contributed by atoms with E-state index in [4.69, 9.17) is 0 Å². The van der Waals surface area contributed by atoms with Crippen LogP contribution in [-0.4, -0.2) is 34.6 Å². The summed E-state index contributed by atoms with van der Waals surface area (Å²) in [5.74, 6) is -1.76. The minimum absolute atomic E-state index is 0.114. The van der Waals surface area contributed by atoms with Crippen molar-refractivity contribution in [2.75, 3.05) is 0 Å². The van der Waals surface area contributed by atoms with Gasteiger partial charge in [-0.3, -0.25) is 29.4 Å². The van der Waals surface area contributed by atoms with Crippen molar-refractivity contribution in [3.8, 4) is 0 Å². The second-order valence-electron chi connectivity index (χ2n) is 4.78. The van der Waals surface area contributed by atoms with Crippen molar-refractivity contribution >= 4 is 23.6 Å². The summed E-state index contributed by atoms with van der Waals surface area (Å²) in [5.41, 5.74) is 1.08. The highest BCUT2D eigenvalue weighted by Crippen LogP contribution is 2.34. The summed E-state index contributed by atoms with van der Waals surface area (Å²) >= 11 is 0. The molecule has 0 radical (unpaired) electrons. The molecular weight excluding hydrogens is 236 g/mol. The van der Waals surface area contributed by atoms with Crippen molar-refractivity contribution in [1.29, 1.82) is 0 Å². The zero-order valence-corrected chi connectivity index (χ0v) is 9.69. The number of nitrogens with one attached hydrogen (secondary N) is 1. The van der Waals surface area contributed by atoms with E-state index in [0.717, 1.165) is 17.7 Å². The van der Waals surface area contributed by atoms with Crippen molar-refractivity contribution < 1.29 is 19.2 Å². The van der Waals surface area contributed by atoms with Gasteiger partial charge in [0, 0.05) is 11.1 Å². The molecule has 1 fully saturated rings. The SMILES string of the molecule is O=C1CC(N2C(=O)C3=C(CCCC3)C2=O)C(=O)N1. The number of amides is 4. The Bertz CT molecular complexity index is 492. The third-order valence-corrected chi connectivity index (χ3v) is 3.68. The van der Waals surface area contributed by atoms with Crippen LogP contribution in [0.4, 0.5) is 0 Å². The van der Waals surface area contributed by atoms with Gasteiger partial charge in [0.15, 0.2) is 0 Å². The Labute approximate surface area is 103 Å². The van der Waals surface area contributed by atoms with Crippen LogP contribution < -0.4 is 5.32 Å². The van der Waals surface area contributed by atoms with E-state index in [1.165, 1.54) is 0 Å². The van der Waals surface area contributed by atoms with Gasteiger partial charge in [-0.15, -0.1) is 0 Å². The lowest BCUT2D eigenvalue weighted by Crippen LogP contribution is -2.45. The molecular formula is C12H12N2O4. The number of nitrogens with zero attached hydrogens (tertiary/aromatic N) is 1. The average Bonchev–Trinajstić information content (AvgIpc) is 2.79. The lowest BCUT2D eigenvalue weighted by Gasteiger charge is -2.19. The maximum atomic E-state index is 12.1. The average molecular weight is 248 g/mol. The Morgan fingerprint density at radius 3 is 1.94 bits per heavy atom. The summed E-state index contributed by atoms with van der Waals surface area (Å²) in [6.45, 7) is 0. The van der Waals surface area contributed by atoms with Gasteiger partial charge in [-0.1, -0.05) is 0 Å². The number of carbonyl (C=O) groups excluding carboxylic acids is 4. The third kappa shape index (κ3) is 1.41. The zero-order chi connectivity index (χ0) is 12.9. The van der Waals surface area contributed by atoms with Crippen molar-refractivity contribution in [3.05, 3.63) is 11.1 Å². The molecule has 0 bridgehead atoms. The van der Waals surface area contributed by atoms with Crippen LogP contribution in [-0.2, 0) is 19.2 Å². The summed E-state index contributed by atoms with van der Waals surface area (Å²) in [6.07, 6.45) is 2.86. The van der Waals surface area contributed by atoms with Gasteiger partial charge in [0.2, 0.25) is 11.8 Å². The lowest BCUT2D eigenvalue weighted by atomic mass is 9.93. The molecule has 0 saturated carbocycles. The first-order chi connectivity index (χ1) is 8.59. The summed E-state index contributed by atoms with van der Waals surface area (Å²) < 4.78 is 0. The van der Waals surface area contributed by atoms with Crippen LogP contribution in [0.3, 0.4) is 0 Å². The molecule has 94 valence electrons. The largest absolute Gasteiger partial charge is 0.295 e. The Morgan fingerprint density at radius 1 is 0.944 bits per heavy atom. The fourth-order valence-electron chi connectivity index (χ4n) is 2.79. The van der Waals surface area contributed by atoms with Gasteiger partial charge in [-0.25, -0.2) is 0 Å². The molecule has 6 nitrogen and oxygen atoms in total. The van der Waals surface area contributed by atoms with E-state index in [2.05, 4.69) is 5.32 Å². The van der Waals surface area contributed by atoms with Crippen molar-refractivity contribution in [2.45, 2.75) is 38.1 Å². The molecule has 1 saturated heterocycles. The highest BCUT2D eigenvalue weighted by Gasteiger charge is 2.47. The Balaban J connectivity index is 1.92. The molecule has 0 spiro atoms. The molecule has 6 heteroatoms. The topological polar surface area (TPSA) is 83.6 Å². The lowest BCUT2D eigenvalue weighted by molar-refractivity contribution is -0.144. The molecule has 4 amide bonds. The predicted octanol–water partition coefficient (Wildman–Crippen LogP) is -0.359. The molecule has 3 aliphatic rings. The molecule has 18 heavy (non-hydrogen) atoms. The maximum absolute atomic E-state index is 12.1. The highest BCUT2D eigenvalue weighted by molar-refractivity contribution is 6.22. The van der Waals surface area contributed by atoms with Gasteiger partial charge < -0.3 is 0 Å². The van der Waals surface area contributed by atoms with Crippen molar-refractivity contribution in [1.82, 2.24) is 10.2 Å². The van der Waals surface area contributed by atoms with Gasteiger partial charge in [0.1, 0.15) is 6.04 Å². The first-order valence-electron chi connectivity index (χ1n) is 6.03. The molecule has 3 rings (SSSR count). The normalized spacial score (nSPS) is 28.0. The molecule has 0 aromatic carbocycles. The molecule has 2 aliphatic heterocycles. The molecule has 2 heterocycles. The Hall–Kier alpha value is -1.98. The van der Waals surface area contributed by atoms with E-state index >= 15 is 0 Å². The summed E-state index contributed by atoms with van der Waals surface area (Å²) in [5, 5.41) is 2.12. The van der Waals surface area contributed by atoms with Crippen LogP contribution in [0, 0.1) is 0 Å². The number of imide groups is 2. The van der Waals surface area contributed by atoms with E-state index in [1.807, 2.05) is 0 Å². The standard InChI is InChI=1S/C12H12N2O4/c15-9-5-8(10(16)13-9)14-11(17)6-3-1-2-4-7(6)12(14)18/h8H,1-5H2,(H,13,15,16). The Kier molecular flexibility index (Phi) is 2.33. The van der Waals surface area contributed by atoms with Gasteiger partial charge >= 0.3 is 0 Å². The van der Waals surface area contributed by atoms with Crippen LogP contribution >= 0.6 is 0 Å². The van der Waals surface area contributed by atoms with E-state index < -0.39 is 17.9 Å². The second kappa shape index (κ2) is 3.76. The minimum atomic E-state index is -0.955. The van der Waals surface area contributed by atoms with E-state index in [9.17, 15) is 19.2 Å². The van der Waals surface area contributed by atoms with Gasteiger partial charge in [-0.2, -0.15) is 0 Å². The summed E-state index contributed by atoms with van der Waals surface area (Å²) in [6, 6.07) is -0.955. The van der Waals surface area contributed by atoms with Crippen molar-refractivity contribution in [3.63, 3.8) is 0 Å². The van der Waals surface area contributed by atoms with Crippen molar-refractivity contribution in [2.24, 2.45) is 0 Å². The number of hydrogen-bond donors (Lipinski definition) is 1. The summed E-state index contributed by atoms with van der Waals surface area (Å²) in [7, 11) is 0. The smallest absolute Gasteiger partial charge is 0.257 e. The molecule has 0 aromatic heterocycles. The molecule has 1 atom stereocenters. The molecule has 1 aliphatic carbocycles. The van der Waals surface area contributed by atoms with Crippen LogP contribution in [0.15, 0.2) is 11.1 Å². The maximum Gasteiger partial charge on any atom is 0.257 e. The number of rotatable bonds is 1. The first kappa shape index (κ1) is 11.1. The fraction of sp³-hybridized carbons (Fsp3) is 0.500. The van der Waals surface area contributed by atoms with E-state index in [1.54, 1.807) is 0 Å². The fourth-order valence-corrected chi connectivity index (χ4v) is 2.79. The molecule has 0 aromatic rings. The van der Waals surface area contributed by atoms with E-state index in [0.29, 0.717) is 24.0 Å². The minimum Gasteiger partial charge on any atom is -0.295 e. The molecule has 1 N–H and O–H groups in total. The zero-order valence-electron chi connectivity index (χ0n) is 9.69. The van der Waals surface area contributed by atoms with Crippen LogP contribution in [0.5, 0.6) is 0 Å². The number of hydrogen-bond acceptors (Lipinski definition) is 4. The highest BCUT2D eigenvalue weighted by atomic mass is 16.2. The quantitative estimate of drug-likeness (QED) is 0.642. The first-order valence-corrected chi connectivity index (χ1v) is 6.03. The summed E-state index contributed by atoms with van der Waals surface area (Å²) in [4.78, 5) is 48.0. The second-order valence-corrected chi connectivity index (χ2v) is 4.78. The predicted molar refractivity (Wildman–Crippen MR) is 58.9 cm³/mol. The van der Waals surface area contributed by atoms with Gasteiger partial charge in [-0.05, 0) is 25.7 Å². The van der Waals surface area contributed by atoms with Crippen LogP contribution in [0.1, 0.15) is 32.1 Å². The third-order valence-electron chi connectivity index (χ3n) is 3.68. The molecule has 1 unspecified atom stereocenters. The van der Waals surface area contributed by atoms with Crippen LogP contribution in [0.2, 0.25) is 0 Å². The van der Waals surface area contributed by atoms with E-state index in [-0.39, 0.29) is 18.2 Å². The van der Waals surface area contributed by atoms with Gasteiger partial charge in [0.05, 0.1) is 6.42 Å². The monoisotopic (exact) mass is 248 g/mol.